The van der Waals surface area contributed by atoms with Crippen LogP contribution in [-0.4, -0.2) is 51.3 Å². The molecule has 0 spiro atoms. The highest BCUT2D eigenvalue weighted by molar-refractivity contribution is 5.86. The van der Waals surface area contributed by atoms with E-state index < -0.39 is 0 Å². The minimum absolute atomic E-state index is 0. The van der Waals surface area contributed by atoms with Gasteiger partial charge in [0.25, 0.3) is 0 Å². The molecule has 0 bridgehead atoms. The van der Waals surface area contributed by atoms with Crippen molar-refractivity contribution in [2.45, 2.75) is 40.7 Å². The van der Waals surface area contributed by atoms with Crippen molar-refractivity contribution in [2.24, 2.45) is 0 Å². The topological polar surface area (TPSA) is 76.7 Å². The van der Waals surface area contributed by atoms with Crippen LogP contribution in [0.3, 0.4) is 0 Å². The fraction of sp³-hybridized carbons (Fsp3) is 0.647. The van der Waals surface area contributed by atoms with E-state index in [0.29, 0.717) is 37.9 Å². The third kappa shape index (κ3) is 25.6. The number of nitrogens with one attached hydrogen (secondary N) is 2. The molecule has 0 unspecified atom stereocenters. The first-order valence-corrected chi connectivity index (χ1v) is 7.84. The van der Waals surface area contributed by atoms with E-state index in [1.165, 1.54) is 0 Å². The van der Waals surface area contributed by atoms with Crippen LogP contribution in [0.15, 0.2) is 24.8 Å². The van der Waals surface area contributed by atoms with Crippen LogP contribution in [0.1, 0.15) is 37.5 Å². The Bertz CT molecular complexity index is 339. The Hall–Kier alpha value is -1.66. The Kier molecular flexibility index (Phi) is 23.2. The summed E-state index contributed by atoms with van der Waals surface area (Å²) in [6, 6.07) is 0.428. The highest BCUT2D eigenvalue weighted by Gasteiger charge is 2.00. The highest BCUT2D eigenvalue weighted by Crippen LogP contribution is 1.90. The van der Waals surface area contributed by atoms with Gasteiger partial charge in [-0.1, -0.05) is 40.9 Å². The average molecular weight is 335 g/mol. The van der Waals surface area contributed by atoms with Gasteiger partial charge in [-0.3, -0.25) is 0 Å². The maximum atomic E-state index is 10.7. The third-order valence-electron chi connectivity index (χ3n) is 2.00. The first kappa shape index (κ1) is 26.2. The fourth-order valence-electron chi connectivity index (χ4n) is 0.927. The van der Waals surface area contributed by atoms with Crippen LogP contribution in [-0.2, 0) is 19.1 Å². The van der Waals surface area contributed by atoms with Crippen molar-refractivity contribution >= 4 is 11.9 Å². The van der Waals surface area contributed by atoms with E-state index in [1.807, 2.05) is 27.7 Å². The smallest absolute Gasteiger partial charge is 0.333 e. The van der Waals surface area contributed by atoms with Gasteiger partial charge >= 0.3 is 11.9 Å². The van der Waals surface area contributed by atoms with Crippen molar-refractivity contribution < 1.29 is 21.9 Å². The lowest BCUT2D eigenvalue weighted by molar-refractivity contribution is -0.139. The van der Waals surface area contributed by atoms with Gasteiger partial charge in [0.1, 0.15) is 13.2 Å². The van der Waals surface area contributed by atoms with Crippen molar-refractivity contribution in [3.63, 3.8) is 0 Å². The van der Waals surface area contributed by atoms with Crippen LogP contribution in [0.5, 0.6) is 0 Å². The van der Waals surface area contributed by atoms with E-state index in [9.17, 15) is 9.59 Å². The fourth-order valence-corrected chi connectivity index (χ4v) is 0.927. The number of esters is 2. The van der Waals surface area contributed by atoms with Gasteiger partial charge < -0.3 is 20.1 Å². The lowest BCUT2D eigenvalue weighted by Crippen LogP contribution is -2.27. The Morgan fingerprint density at radius 2 is 1.70 bits per heavy atom. The number of likely N-dealkylation sites (N-methyl/N-ethyl adjacent to an activating group) is 1. The molecular weight excluding hydrogens is 296 g/mol. The minimum Gasteiger partial charge on any atom is -0.461 e. The van der Waals surface area contributed by atoms with Gasteiger partial charge in [0.05, 0.1) is 0 Å². The number of hydrogen-bond acceptors (Lipinski definition) is 6. The van der Waals surface area contributed by atoms with E-state index in [2.05, 4.69) is 23.8 Å². The number of hydrogen-bond donors (Lipinski definition) is 2. The van der Waals surface area contributed by atoms with E-state index in [0.717, 1.165) is 6.08 Å². The van der Waals surface area contributed by atoms with Gasteiger partial charge in [-0.2, -0.15) is 0 Å². The third-order valence-corrected chi connectivity index (χ3v) is 2.00. The van der Waals surface area contributed by atoms with Crippen molar-refractivity contribution in [3.8, 4) is 0 Å². The molecule has 0 saturated carbocycles. The molecule has 0 atom stereocenters. The van der Waals surface area contributed by atoms with Crippen molar-refractivity contribution in [2.75, 3.05) is 33.4 Å². The van der Waals surface area contributed by atoms with E-state index in [1.54, 1.807) is 14.0 Å². The molecule has 0 radical (unpaired) electrons. The second-order valence-electron chi connectivity index (χ2n) is 4.50. The largest absolute Gasteiger partial charge is 0.461 e. The Morgan fingerprint density at radius 1 is 1.17 bits per heavy atom. The predicted molar refractivity (Wildman–Crippen MR) is 99.6 cm³/mol. The normalized spacial score (nSPS) is 8.83. The second-order valence-corrected chi connectivity index (χ2v) is 4.50. The molecular formula is C17H38N2O4. The van der Waals surface area contributed by atoms with Gasteiger partial charge in [-0.05, 0) is 14.0 Å². The standard InChI is InChI=1S/C8H15NO2.C7H13NO2.C2H6.2H2/c1-4-8(10)11-6-5-9-7(2)3;1-6(2)7(9)10-5-4-8-3;1-2;;/h4,7,9H,1,5-6H2,2-3H3;8H,1,4-5H2,2-3H3;1-2H3;2*1H. The first-order chi connectivity index (χ1) is 10.8. The van der Waals surface area contributed by atoms with Crippen LogP contribution < -0.4 is 10.6 Å². The van der Waals surface area contributed by atoms with Crippen LogP contribution in [0.4, 0.5) is 0 Å². The van der Waals surface area contributed by atoms with Gasteiger partial charge in [-0.15, -0.1) is 0 Å². The minimum atomic E-state index is -0.365. The molecule has 0 fully saturated rings. The molecule has 0 aliphatic heterocycles. The molecule has 6 nitrogen and oxygen atoms in total. The lowest BCUT2D eigenvalue weighted by Gasteiger charge is -2.06. The van der Waals surface area contributed by atoms with E-state index in [4.69, 9.17) is 9.47 Å². The monoisotopic (exact) mass is 334 g/mol. The maximum Gasteiger partial charge on any atom is 0.333 e. The molecule has 0 amide bonds. The Morgan fingerprint density at radius 3 is 2.09 bits per heavy atom. The molecule has 140 valence electrons. The van der Waals surface area contributed by atoms with Gasteiger partial charge in [0.15, 0.2) is 0 Å². The second kappa shape index (κ2) is 20.3. The molecule has 0 aromatic heterocycles. The molecule has 0 aromatic carbocycles. The summed E-state index contributed by atoms with van der Waals surface area (Å²) in [5.41, 5.74) is 0.441. The summed E-state index contributed by atoms with van der Waals surface area (Å²) in [5, 5.41) is 5.97. The SMILES string of the molecule is C=C(C)C(=O)OCCNC.C=CC(=O)OCCNC(C)C.CC.[HH].[HH]. The zero-order valence-electron chi connectivity index (χ0n) is 15.5. The van der Waals surface area contributed by atoms with Crippen LogP contribution >= 0.6 is 0 Å². The highest BCUT2D eigenvalue weighted by atomic mass is 16.5. The molecule has 23 heavy (non-hydrogen) atoms. The predicted octanol–water partition coefficient (Wildman–Crippen LogP) is 2.56. The number of rotatable bonds is 9. The summed E-state index contributed by atoms with van der Waals surface area (Å²) >= 11 is 0. The summed E-state index contributed by atoms with van der Waals surface area (Å²) in [4.78, 5) is 21.2. The summed E-state index contributed by atoms with van der Waals surface area (Å²) in [7, 11) is 1.80. The van der Waals surface area contributed by atoms with Crippen LogP contribution in [0.2, 0.25) is 0 Å². The van der Waals surface area contributed by atoms with Crippen LogP contribution in [0, 0.1) is 0 Å². The summed E-state index contributed by atoms with van der Waals surface area (Å²) in [6.45, 7) is 18.6. The van der Waals surface area contributed by atoms with Gasteiger partial charge in [0, 0.05) is 33.6 Å². The van der Waals surface area contributed by atoms with Crippen molar-refractivity contribution in [3.05, 3.63) is 24.8 Å². The lowest BCUT2D eigenvalue weighted by atomic mass is 10.4. The van der Waals surface area contributed by atoms with E-state index in [-0.39, 0.29) is 14.8 Å². The molecule has 0 aliphatic carbocycles. The number of carbonyl (C=O) groups excluding carboxylic acids is 2. The zero-order valence-corrected chi connectivity index (χ0v) is 15.5. The average Bonchev–Trinajstić information content (AvgIpc) is 2.53. The summed E-state index contributed by atoms with van der Waals surface area (Å²) in [6.07, 6.45) is 1.16. The molecule has 0 saturated heterocycles. The number of ether oxygens (including phenoxy) is 2. The van der Waals surface area contributed by atoms with Crippen LogP contribution in [0.25, 0.3) is 0 Å². The van der Waals surface area contributed by atoms with E-state index >= 15 is 0 Å². The van der Waals surface area contributed by atoms with Crippen molar-refractivity contribution in [1.29, 1.82) is 0 Å². The first-order valence-electron chi connectivity index (χ1n) is 7.84. The molecule has 0 aliphatic rings. The zero-order chi connectivity index (χ0) is 18.7. The summed E-state index contributed by atoms with van der Waals surface area (Å²) < 4.78 is 9.46. The molecule has 0 rings (SSSR count). The number of carbonyl (C=O) groups is 2. The molecule has 6 heteroatoms. The van der Waals surface area contributed by atoms with Gasteiger partial charge in [0.2, 0.25) is 0 Å². The maximum absolute atomic E-state index is 10.7. The molecule has 0 heterocycles. The Labute approximate surface area is 144 Å². The van der Waals surface area contributed by atoms with Crippen molar-refractivity contribution in [1.82, 2.24) is 10.6 Å². The molecule has 2 N–H and O–H groups in total. The van der Waals surface area contributed by atoms with Gasteiger partial charge in [-0.25, -0.2) is 9.59 Å². The Balaban J connectivity index is -0.0000000905. The summed E-state index contributed by atoms with van der Waals surface area (Å²) in [5.74, 6) is -0.689. The quantitative estimate of drug-likeness (QED) is 0.383. The molecule has 0 aromatic rings.